The molecule has 0 saturated heterocycles. The Kier molecular flexibility index (Phi) is 5.85. The van der Waals surface area contributed by atoms with Crippen LogP contribution in [0.5, 0.6) is 23.0 Å². The zero-order valence-electron chi connectivity index (χ0n) is 18.2. The maximum atomic E-state index is 9.78. The molecule has 6 nitrogen and oxygen atoms in total. The molecule has 4 rings (SSSR count). The lowest BCUT2D eigenvalue weighted by molar-refractivity contribution is 0.354. The molecule has 1 heterocycles. The molecule has 32 heavy (non-hydrogen) atoms. The highest BCUT2D eigenvalue weighted by Crippen LogP contribution is 2.56. The second-order valence-corrected chi connectivity index (χ2v) is 8.83. The van der Waals surface area contributed by atoms with Crippen molar-refractivity contribution in [2.24, 2.45) is 0 Å². The first-order valence-electron chi connectivity index (χ1n) is 9.81. The first-order valence-corrected chi connectivity index (χ1v) is 11.2. The number of methoxy groups -OCH3 is 4. The number of allylic oxidation sites excluding steroid dienone is 3. The van der Waals surface area contributed by atoms with Crippen LogP contribution < -0.4 is 18.9 Å². The van der Waals surface area contributed by atoms with Gasteiger partial charge in [0.1, 0.15) is 11.5 Å². The molecule has 7 heteroatoms. The Bertz CT molecular complexity index is 1260. The second kappa shape index (κ2) is 8.74. The van der Waals surface area contributed by atoms with Crippen molar-refractivity contribution in [2.45, 2.75) is 5.92 Å². The van der Waals surface area contributed by atoms with Gasteiger partial charge in [0.25, 0.3) is 0 Å². The smallest absolute Gasteiger partial charge is 0.161 e. The number of hydrogen-bond acceptors (Lipinski definition) is 6. The van der Waals surface area contributed by atoms with E-state index < -0.39 is 10.9 Å². The van der Waals surface area contributed by atoms with E-state index in [-0.39, 0.29) is 5.92 Å². The van der Waals surface area contributed by atoms with Crippen LogP contribution in [0.25, 0.3) is 6.08 Å². The number of fused-ring (bicyclic) bond motifs is 1. The van der Waals surface area contributed by atoms with Gasteiger partial charge in [-0.1, -0.05) is 6.07 Å². The Morgan fingerprint density at radius 3 is 2.12 bits per heavy atom. The maximum absolute atomic E-state index is 9.78. The van der Waals surface area contributed by atoms with Gasteiger partial charge in [-0.3, -0.25) is 0 Å². The number of thiocyanates is 1. The average Bonchev–Trinajstić information content (AvgIpc) is 3.42. The molecule has 2 aliphatic rings. The molecule has 2 aromatic rings. The summed E-state index contributed by atoms with van der Waals surface area (Å²) >= 11 is 0. The summed E-state index contributed by atoms with van der Waals surface area (Å²) in [6, 6.07) is 11.9. The van der Waals surface area contributed by atoms with Crippen molar-refractivity contribution in [3.05, 3.63) is 74.6 Å². The van der Waals surface area contributed by atoms with Gasteiger partial charge in [-0.25, -0.2) is 0 Å². The minimum absolute atomic E-state index is 0.207. The predicted molar refractivity (Wildman–Crippen MR) is 125 cm³/mol. The van der Waals surface area contributed by atoms with Crippen LogP contribution in [0, 0.1) is 22.0 Å². The van der Waals surface area contributed by atoms with Crippen molar-refractivity contribution < 1.29 is 18.9 Å². The van der Waals surface area contributed by atoms with Gasteiger partial charge < -0.3 is 18.9 Å². The summed E-state index contributed by atoms with van der Waals surface area (Å²) in [5.74, 6) is 2.27. The molecule has 0 N–H and O–H groups in total. The number of nitriles is 2. The highest BCUT2D eigenvalue weighted by atomic mass is 32.2. The number of ether oxygens (including phenoxy) is 4. The lowest BCUT2D eigenvalue weighted by Gasteiger charge is -2.23. The van der Waals surface area contributed by atoms with E-state index in [9.17, 15) is 10.5 Å². The van der Waals surface area contributed by atoms with Crippen LogP contribution in [0.4, 0.5) is 0 Å². The summed E-state index contributed by atoms with van der Waals surface area (Å²) in [6.45, 7) is 0. The number of nitrogens with zero attached hydrogens (tertiary/aromatic N) is 2. The van der Waals surface area contributed by atoms with E-state index in [1.807, 2.05) is 41.8 Å². The van der Waals surface area contributed by atoms with E-state index in [4.69, 9.17) is 18.9 Å². The van der Waals surface area contributed by atoms with Crippen molar-refractivity contribution in [2.75, 3.05) is 28.4 Å². The molecular formula is C25H22N2O4S. The summed E-state index contributed by atoms with van der Waals surface area (Å²) in [5.41, 5.74) is 4.39. The first kappa shape index (κ1) is 21.4. The predicted octanol–water partition coefficient (Wildman–Crippen LogP) is 5.04. The zero-order chi connectivity index (χ0) is 22.8. The summed E-state index contributed by atoms with van der Waals surface area (Å²) in [7, 11) is 5.17. The Labute approximate surface area is 189 Å². The van der Waals surface area contributed by atoms with Gasteiger partial charge >= 0.3 is 0 Å². The van der Waals surface area contributed by atoms with Gasteiger partial charge in [-0.15, -0.1) is 10.9 Å². The summed E-state index contributed by atoms with van der Waals surface area (Å²) < 4.78 is 22.0. The van der Waals surface area contributed by atoms with Crippen LogP contribution in [0.2, 0.25) is 0 Å². The summed E-state index contributed by atoms with van der Waals surface area (Å²) in [6.07, 6.45) is 3.80. The Morgan fingerprint density at radius 1 is 0.844 bits per heavy atom. The van der Waals surface area contributed by atoms with Crippen molar-refractivity contribution in [1.29, 1.82) is 10.5 Å². The van der Waals surface area contributed by atoms with Crippen molar-refractivity contribution in [3.63, 3.8) is 0 Å². The lowest BCUT2D eigenvalue weighted by atomic mass is 9.87. The fourth-order valence-corrected chi connectivity index (χ4v) is 5.67. The fourth-order valence-electron chi connectivity index (χ4n) is 4.20. The molecule has 0 aromatic heterocycles. The van der Waals surface area contributed by atoms with Crippen LogP contribution in [0.15, 0.2) is 57.9 Å². The molecule has 2 unspecified atom stereocenters. The van der Waals surface area contributed by atoms with Gasteiger partial charge in [0.2, 0.25) is 0 Å². The third-order valence-electron chi connectivity index (χ3n) is 5.65. The first-order chi connectivity index (χ1) is 15.6. The molecule has 0 amide bonds. The molecule has 1 aliphatic carbocycles. The monoisotopic (exact) mass is 446 g/mol. The van der Waals surface area contributed by atoms with Crippen LogP contribution in [0.1, 0.15) is 22.6 Å². The SMILES string of the molecule is COc1ccc(C2C(C3=C(C#N)C=C[SH]3C#N)=Cc3cc(OC)c(OC)cc32)cc1OC. The van der Waals surface area contributed by atoms with E-state index in [2.05, 4.69) is 11.5 Å². The topological polar surface area (TPSA) is 84.5 Å². The van der Waals surface area contributed by atoms with Crippen LogP contribution in [-0.2, 0) is 0 Å². The second-order valence-electron chi connectivity index (χ2n) is 7.14. The average molecular weight is 447 g/mol. The van der Waals surface area contributed by atoms with E-state index in [1.54, 1.807) is 34.5 Å². The number of hydrogen-bond donors (Lipinski definition) is 1. The molecule has 0 radical (unpaired) electrons. The zero-order valence-corrected chi connectivity index (χ0v) is 19.1. The highest BCUT2D eigenvalue weighted by molar-refractivity contribution is 8.27. The van der Waals surface area contributed by atoms with E-state index in [1.165, 1.54) is 0 Å². The van der Waals surface area contributed by atoms with Crippen LogP contribution >= 0.6 is 10.9 Å². The molecule has 0 saturated carbocycles. The molecular weight excluding hydrogens is 424 g/mol. The van der Waals surface area contributed by atoms with Crippen molar-refractivity contribution in [1.82, 2.24) is 0 Å². The Morgan fingerprint density at radius 2 is 1.50 bits per heavy atom. The van der Waals surface area contributed by atoms with Gasteiger partial charge in [0.05, 0.1) is 34.0 Å². The molecule has 0 spiro atoms. The van der Waals surface area contributed by atoms with Gasteiger partial charge in [0, 0.05) is 10.8 Å². The standard InChI is InChI=1S/C25H22N2O4S/c1-28-20-6-5-15(10-21(20)29-2)24-18-12-23(31-4)22(30-3)11-17(18)9-19(24)25-16(13-26)7-8-32(25)14-27/h5-12,24,32H,1-4H3. The third-order valence-corrected chi connectivity index (χ3v) is 7.29. The number of thiol groups is 1. The molecule has 2 aromatic carbocycles. The number of rotatable bonds is 6. The molecule has 162 valence electrons. The molecule has 1 aliphatic heterocycles. The summed E-state index contributed by atoms with van der Waals surface area (Å²) in [4.78, 5) is 0.791. The Balaban J connectivity index is 1.96. The normalized spacial score (nSPS) is 19.6. The van der Waals surface area contributed by atoms with E-state index in [0.29, 0.717) is 28.6 Å². The summed E-state index contributed by atoms with van der Waals surface area (Å²) in [5, 5.41) is 23.7. The van der Waals surface area contributed by atoms with Gasteiger partial charge in [0.15, 0.2) is 23.0 Å². The minimum atomic E-state index is -1.23. The van der Waals surface area contributed by atoms with E-state index >= 15 is 0 Å². The molecule has 2 atom stereocenters. The highest BCUT2D eigenvalue weighted by Gasteiger charge is 2.35. The molecule has 0 fully saturated rings. The Hall–Kier alpha value is -3.81. The maximum Gasteiger partial charge on any atom is 0.161 e. The van der Waals surface area contributed by atoms with Gasteiger partial charge in [-0.05, 0) is 64.1 Å². The molecule has 0 bridgehead atoms. The van der Waals surface area contributed by atoms with Gasteiger partial charge in [-0.2, -0.15) is 10.5 Å². The number of benzene rings is 2. The van der Waals surface area contributed by atoms with Crippen LogP contribution in [0.3, 0.4) is 0 Å². The minimum Gasteiger partial charge on any atom is -0.493 e. The van der Waals surface area contributed by atoms with Crippen LogP contribution in [-0.4, -0.2) is 28.4 Å². The lowest BCUT2D eigenvalue weighted by Crippen LogP contribution is -2.05. The van der Waals surface area contributed by atoms with E-state index in [0.717, 1.165) is 27.2 Å². The third kappa shape index (κ3) is 3.37. The largest absolute Gasteiger partial charge is 0.493 e. The fraction of sp³-hybridized carbons (Fsp3) is 0.200. The van der Waals surface area contributed by atoms with Crippen molar-refractivity contribution >= 4 is 17.0 Å². The quantitative estimate of drug-likeness (QED) is 0.494. The van der Waals surface area contributed by atoms with Crippen molar-refractivity contribution in [3.8, 4) is 34.5 Å².